The molecule has 0 radical (unpaired) electrons. The topological polar surface area (TPSA) is 93.7 Å². The van der Waals surface area contributed by atoms with Gasteiger partial charge in [-0.15, -0.1) is 0 Å². The lowest BCUT2D eigenvalue weighted by atomic mass is 10.1. The molecule has 2 rings (SSSR count). The molecule has 1 amide bonds. The zero-order valence-corrected chi connectivity index (χ0v) is 17.3. The van der Waals surface area contributed by atoms with E-state index in [1.807, 2.05) is 39.0 Å². The van der Waals surface area contributed by atoms with Crippen molar-refractivity contribution in [2.24, 2.45) is 0 Å². The molecule has 2 aromatic rings. The Labute approximate surface area is 166 Å². The number of amides is 1. The van der Waals surface area contributed by atoms with E-state index in [9.17, 15) is 13.2 Å². The van der Waals surface area contributed by atoms with Crippen LogP contribution in [0.5, 0.6) is 11.5 Å². The van der Waals surface area contributed by atoms with Crippen molar-refractivity contribution >= 4 is 21.6 Å². The fourth-order valence-electron chi connectivity index (χ4n) is 2.64. The van der Waals surface area contributed by atoms with E-state index >= 15 is 0 Å². The fourth-order valence-corrected chi connectivity index (χ4v) is 3.19. The lowest BCUT2D eigenvalue weighted by molar-refractivity contribution is 0.0940. The number of carbonyl (C=O) groups is 1. The van der Waals surface area contributed by atoms with Gasteiger partial charge in [0.15, 0.2) is 11.5 Å². The Bertz CT molecular complexity index is 928. The summed E-state index contributed by atoms with van der Waals surface area (Å²) in [6.07, 6.45) is 1.06. The molecule has 2 N–H and O–H groups in total. The molecule has 1 unspecified atom stereocenters. The maximum atomic E-state index is 12.6. The summed E-state index contributed by atoms with van der Waals surface area (Å²) in [5, 5.41) is 2.91. The van der Waals surface area contributed by atoms with Gasteiger partial charge in [-0.2, -0.15) is 0 Å². The van der Waals surface area contributed by atoms with Crippen molar-refractivity contribution in [3.05, 3.63) is 53.6 Å². The standard InChI is InChI=1S/C20H26N2O5S/c1-5-26-18-11-10-15(13-19(18)27-6-2)14(3)21-20(23)16-8-7-9-17(12-16)22-28(4,24)25/h7-14,22H,5-6H2,1-4H3,(H,21,23). The molecule has 152 valence electrons. The quantitative estimate of drug-likeness (QED) is 0.666. The first-order valence-corrected chi connectivity index (χ1v) is 10.9. The third-order valence-electron chi connectivity index (χ3n) is 3.84. The van der Waals surface area contributed by atoms with Crippen molar-refractivity contribution in [2.75, 3.05) is 24.2 Å². The largest absolute Gasteiger partial charge is 0.490 e. The first-order chi connectivity index (χ1) is 13.2. The van der Waals surface area contributed by atoms with Crippen molar-refractivity contribution in [3.63, 3.8) is 0 Å². The van der Waals surface area contributed by atoms with Gasteiger partial charge in [0.1, 0.15) is 0 Å². The van der Waals surface area contributed by atoms with Gasteiger partial charge in [0.05, 0.1) is 25.5 Å². The van der Waals surface area contributed by atoms with Crippen LogP contribution < -0.4 is 19.5 Å². The van der Waals surface area contributed by atoms with E-state index in [0.717, 1.165) is 11.8 Å². The number of benzene rings is 2. The summed E-state index contributed by atoms with van der Waals surface area (Å²) < 4.78 is 36.3. The van der Waals surface area contributed by atoms with E-state index in [4.69, 9.17) is 9.47 Å². The van der Waals surface area contributed by atoms with Gasteiger partial charge < -0.3 is 14.8 Å². The molecular weight excluding hydrogens is 380 g/mol. The number of anilines is 1. The molecule has 2 aromatic carbocycles. The second-order valence-corrected chi connectivity index (χ2v) is 7.97. The van der Waals surface area contributed by atoms with Crippen LogP contribution in [0, 0.1) is 0 Å². The van der Waals surface area contributed by atoms with Crippen LogP contribution in [-0.2, 0) is 10.0 Å². The Kier molecular flexibility index (Phi) is 7.28. The number of hydrogen-bond acceptors (Lipinski definition) is 5. The van der Waals surface area contributed by atoms with Crippen molar-refractivity contribution < 1.29 is 22.7 Å². The molecule has 0 heterocycles. The Morgan fingerprint density at radius 3 is 2.36 bits per heavy atom. The zero-order chi connectivity index (χ0) is 20.7. The van der Waals surface area contributed by atoms with Crippen molar-refractivity contribution in [1.29, 1.82) is 0 Å². The van der Waals surface area contributed by atoms with Gasteiger partial charge in [-0.1, -0.05) is 12.1 Å². The minimum Gasteiger partial charge on any atom is -0.490 e. The summed E-state index contributed by atoms with van der Waals surface area (Å²) in [4.78, 5) is 12.6. The fraction of sp³-hybridized carbons (Fsp3) is 0.350. The van der Waals surface area contributed by atoms with Crippen LogP contribution in [0.3, 0.4) is 0 Å². The van der Waals surface area contributed by atoms with Gasteiger partial charge >= 0.3 is 0 Å². The summed E-state index contributed by atoms with van der Waals surface area (Å²) in [6.45, 7) is 6.69. The second kappa shape index (κ2) is 9.45. The Balaban J connectivity index is 2.16. The first kappa shape index (κ1) is 21.6. The van der Waals surface area contributed by atoms with E-state index in [1.54, 1.807) is 18.2 Å². The molecule has 28 heavy (non-hydrogen) atoms. The van der Waals surface area contributed by atoms with Gasteiger partial charge in [0, 0.05) is 11.3 Å². The predicted octanol–water partition coefficient (Wildman–Crippen LogP) is 3.35. The summed E-state index contributed by atoms with van der Waals surface area (Å²) in [7, 11) is -3.41. The van der Waals surface area contributed by atoms with Gasteiger partial charge in [-0.05, 0) is 56.7 Å². The molecule has 0 aliphatic rings. The maximum Gasteiger partial charge on any atom is 0.251 e. The smallest absolute Gasteiger partial charge is 0.251 e. The van der Waals surface area contributed by atoms with Gasteiger partial charge in [-0.3, -0.25) is 9.52 Å². The monoisotopic (exact) mass is 406 g/mol. The van der Waals surface area contributed by atoms with Gasteiger partial charge in [0.25, 0.3) is 5.91 Å². The number of hydrogen-bond donors (Lipinski definition) is 2. The molecular formula is C20H26N2O5S. The molecule has 0 aliphatic heterocycles. The highest BCUT2D eigenvalue weighted by Gasteiger charge is 2.15. The van der Waals surface area contributed by atoms with E-state index in [2.05, 4.69) is 10.0 Å². The molecule has 8 heteroatoms. The van der Waals surface area contributed by atoms with Crippen LogP contribution in [0.2, 0.25) is 0 Å². The average molecular weight is 407 g/mol. The zero-order valence-electron chi connectivity index (χ0n) is 16.5. The van der Waals surface area contributed by atoms with E-state index in [0.29, 0.717) is 36.0 Å². The van der Waals surface area contributed by atoms with E-state index in [1.165, 1.54) is 6.07 Å². The molecule has 7 nitrogen and oxygen atoms in total. The molecule has 0 bridgehead atoms. The number of nitrogens with one attached hydrogen (secondary N) is 2. The van der Waals surface area contributed by atoms with E-state index in [-0.39, 0.29) is 11.9 Å². The summed E-state index contributed by atoms with van der Waals surface area (Å²) in [6, 6.07) is 11.6. The summed E-state index contributed by atoms with van der Waals surface area (Å²) in [5.41, 5.74) is 1.56. The van der Waals surface area contributed by atoms with Crippen LogP contribution in [0.4, 0.5) is 5.69 Å². The lowest BCUT2D eigenvalue weighted by Crippen LogP contribution is -2.26. The molecule has 0 saturated heterocycles. The van der Waals surface area contributed by atoms with Gasteiger partial charge in [0.2, 0.25) is 10.0 Å². The molecule has 0 aliphatic carbocycles. The minimum atomic E-state index is -3.41. The predicted molar refractivity (Wildman–Crippen MR) is 110 cm³/mol. The Morgan fingerprint density at radius 1 is 1.04 bits per heavy atom. The molecule has 1 atom stereocenters. The Morgan fingerprint density at radius 2 is 1.71 bits per heavy atom. The highest BCUT2D eigenvalue weighted by molar-refractivity contribution is 7.92. The number of carbonyl (C=O) groups excluding carboxylic acids is 1. The third kappa shape index (κ3) is 6.16. The summed E-state index contributed by atoms with van der Waals surface area (Å²) >= 11 is 0. The lowest BCUT2D eigenvalue weighted by Gasteiger charge is -2.18. The van der Waals surface area contributed by atoms with Crippen LogP contribution in [0.1, 0.15) is 42.7 Å². The van der Waals surface area contributed by atoms with Crippen molar-refractivity contribution in [3.8, 4) is 11.5 Å². The highest BCUT2D eigenvalue weighted by atomic mass is 32.2. The normalized spacial score (nSPS) is 12.1. The third-order valence-corrected chi connectivity index (χ3v) is 4.45. The molecule has 0 aromatic heterocycles. The highest BCUT2D eigenvalue weighted by Crippen LogP contribution is 2.30. The number of ether oxygens (including phenoxy) is 2. The SMILES string of the molecule is CCOc1ccc(C(C)NC(=O)c2cccc(NS(C)(=O)=O)c2)cc1OCC. The van der Waals surface area contributed by atoms with Crippen LogP contribution in [0.15, 0.2) is 42.5 Å². The van der Waals surface area contributed by atoms with Crippen LogP contribution in [-0.4, -0.2) is 33.8 Å². The van der Waals surface area contributed by atoms with Crippen molar-refractivity contribution in [2.45, 2.75) is 26.8 Å². The Hall–Kier alpha value is -2.74. The minimum absolute atomic E-state index is 0.283. The molecule has 0 saturated carbocycles. The average Bonchev–Trinajstić information content (AvgIpc) is 2.62. The van der Waals surface area contributed by atoms with E-state index < -0.39 is 10.0 Å². The van der Waals surface area contributed by atoms with Crippen LogP contribution in [0.25, 0.3) is 0 Å². The molecule has 0 fully saturated rings. The van der Waals surface area contributed by atoms with Crippen LogP contribution >= 0.6 is 0 Å². The van der Waals surface area contributed by atoms with Crippen molar-refractivity contribution in [1.82, 2.24) is 5.32 Å². The first-order valence-electron chi connectivity index (χ1n) is 9.01. The summed E-state index contributed by atoms with van der Waals surface area (Å²) in [5.74, 6) is 0.977. The van der Waals surface area contributed by atoms with Gasteiger partial charge in [-0.25, -0.2) is 8.42 Å². The number of rotatable bonds is 9. The second-order valence-electron chi connectivity index (χ2n) is 6.22. The molecule has 0 spiro atoms. The maximum absolute atomic E-state index is 12.6. The number of sulfonamides is 1.